The molecule has 0 spiro atoms. The highest BCUT2D eigenvalue weighted by Crippen LogP contribution is 2.43. The molecule has 0 radical (unpaired) electrons. The summed E-state index contributed by atoms with van der Waals surface area (Å²) in [7, 11) is 1.49. The van der Waals surface area contributed by atoms with Crippen LogP contribution in [0, 0.1) is 0 Å². The van der Waals surface area contributed by atoms with E-state index in [9.17, 15) is 4.79 Å². The summed E-state index contributed by atoms with van der Waals surface area (Å²) >= 11 is 7.53. The molecule has 0 bridgehead atoms. The van der Waals surface area contributed by atoms with Gasteiger partial charge >= 0.3 is 0 Å². The fourth-order valence-corrected chi connectivity index (χ4v) is 6.06. The number of para-hydroxylation sites is 1. The Hall–Kier alpha value is -4.12. The minimum atomic E-state index is -0.208. The summed E-state index contributed by atoms with van der Waals surface area (Å²) in [4.78, 5) is 23.6. The second kappa shape index (κ2) is 10.3. The smallest absolute Gasteiger partial charge is 0.250 e. The van der Waals surface area contributed by atoms with Crippen LogP contribution < -0.4 is 15.5 Å². The number of hydrogen-bond donors (Lipinski definition) is 2. The third-order valence-corrected chi connectivity index (χ3v) is 7.73. The van der Waals surface area contributed by atoms with Gasteiger partial charge in [-0.1, -0.05) is 29.5 Å². The molecule has 190 valence electrons. The zero-order valence-electron chi connectivity index (χ0n) is 20.4. The Balaban J connectivity index is 1.42. The number of hydrogen-bond acceptors (Lipinski definition) is 6. The molecule has 0 saturated carbocycles. The van der Waals surface area contributed by atoms with Gasteiger partial charge in [0.05, 0.1) is 27.6 Å². The average molecular weight is 541 g/mol. The summed E-state index contributed by atoms with van der Waals surface area (Å²) in [5, 5.41) is 7.83. The monoisotopic (exact) mass is 540 g/mol. The molecule has 1 saturated heterocycles. The van der Waals surface area contributed by atoms with Crippen LogP contribution in [0.5, 0.6) is 0 Å². The largest absolute Gasteiger partial charge is 0.375 e. The number of benzene rings is 2. The zero-order valence-corrected chi connectivity index (χ0v) is 22.1. The molecule has 3 aromatic heterocycles. The Bertz CT molecular complexity index is 1570. The Morgan fingerprint density at radius 1 is 1.08 bits per heavy atom. The number of nitrogens with zero attached hydrogens (tertiary/aromatic N) is 4. The van der Waals surface area contributed by atoms with Crippen LogP contribution in [0.4, 0.5) is 11.4 Å². The van der Waals surface area contributed by atoms with Crippen molar-refractivity contribution in [3.8, 4) is 5.13 Å². The van der Waals surface area contributed by atoms with Crippen molar-refractivity contribution >= 4 is 56.2 Å². The van der Waals surface area contributed by atoms with Gasteiger partial charge in [0.1, 0.15) is 12.6 Å². The Morgan fingerprint density at radius 2 is 1.89 bits per heavy atom. The number of anilines is 2. The van der Waals surface area contributed by atoms with E-state index in [1.807, 2.05) is 72.9 Å². The van der Waals surface area contributed by atoms with Crippen LogP contribution in [-0.2, 0) is 9.53 Å². The lowest BCUT2D eigenvalue weighted by molar-refractivity contribution is -0.119. The lowest BCUT2D eigenvalue weighted by Crippen LogP contribution is -2.30. The van der Waals surface area contributed by atoms with E-state index >= 15 is 0 Å². The van der Waals surface area contributed by atoms with E-state index < -0.39 is 0 Å². The molecule has 5 aromatic rings. The summed E-state index contributed by atoms with van der Waals surface area (Å²) < 4.78 is 8.18. The number of nitrogens with one attached hydrogen (secondary N) is 2. The Labute approximate surface area is 228 Å². The molecule has 2 N–H and O–H groups in total. The minimum Gasteiger partial charge on any atom is -0.375 e. The first kappa shape index (κ1) is 24.2. The molecule has 2 atom stereocenters. The van der Waals surface area contributed by atoms with Gasteiger partial charge in [-0.2, -0.15) is 0 Å². The lowest BCUT2D eigenvalue weighted by Gasteiger charge is -2.28. The second-order valence-electron chi connectivity index (χ2n) is 8.79. The van der Waals surface area contributed by atoms with E-state index in [-0.39, 0.29) is 24.6 Å². The van der Waals surface area contributed by atoms with Crippen molar-refractivity contribution in [2.24, 2.45) is 0 Å². The van der Waals surface area contributed by atoms with E-state index in [4.69, 9.17) is 21.9 Å². The van der Waals surface area contributed by atoms with Crippen molar-refractivity contribution in [1.29, 1.82) is 0 Å². The van der Waals surface area contributed by atoms with Gasteiger partial charge in [-0.15, -0.1) is 0 Å². The van der Waals surface area contributed by atoms with Gasteiger partial charge in [0.25, 0.3) is 0 Å². The van der Waals surface area contributed by atoms with E-state index in [1.165, 1.54) is 7.11 Å². The number of pyridine rings is 1. The summed E-state index contributed by atoms with van der Waals surface area (Å²) in [5.41, 5.74) is 4.47. The molecular weight excluding hydrogens is 516 g/mol. The molecule has 1 amide bonds. The van der Waals surface area contributed by atoms with E-state index in [1.54, 1.807) is 17.5 Å². The summed E-state index contributed by atoms with van der Waals surface area (Å²) in [6.07, 6.45) is 3.83. The van der Waals surface area contributed by atoms with Crippen molar-refractivity contribution in [1.82, 2.24) is 19.9 Å². The van der Waals surface area contributed by atoms with E-state index in [2.05, 4.69) is 37.2 Å². The van der Waals surface area contributed by atoms with Crippen LogP contribution in [0.1, 0.15) is 23.5 Å². The first-order valence-corrected chi connectivity index (χ1v) is 13.3. The first-order valence-electron chi connectivity index (χ1n) is 12.0. The normalized spacial score (nSPS) is 17.1. The average Bonchev–Trinajstić information content (AvgIpc) is 3.66. The third kappa shape index (κ3) is 4.53. The molecular formula is C28H24N6O2S2. The maximum atomic E-state index is 12.0. The molecule has 1 fully saturated rings. The van der Waals surface area contributed by atoms with Crippen molar-refractivity contribution in [3.63, 3.8) is 0 Å². The number of aromatic nitrogens is 3. The molecule has 2 aromatic carbocycles. The summed E-state index contributed by atoms with van der Waals surface area (Å²) in [5.74, 6) is -0.208. The van der Waals surface area contributed by atoms with Crippen LogP contribution in [0.15, 0.2) is 91.3 Å². The first-order chi connectivity index (χ1) is 18.6. The van der Waals surface area contributed by atoms with Crippen molar-refractivity contribution in [2.45, 2.75) is 12.1 Å². The fraction of sp³-hybridized carbons (Fsp3) is 0.143. The Kier molecular flexibility index (Phi) is 6.59. The predicted molar refractivity (Wildman–Crippen MR) is 154 cm³/mol. The van der Waals surface area contributed by atoms with Crippen molar-refractivity contribution in [3.05, 3.63) is 103 Å². The Morgan fingerprint density at radius 3 is 2.66 bits per heavy atom. The number of carbonyl (C=O) groups is 1. The molecule has 38 heavy (non-hydrogen) atoms. The van der Waals surface area contributed by atoms with Crippen LogP contribution in [0.25, 0.3) is 15.3 Å². The highest BCUT2D eigenvalue weighted by Gasteiger charge is 2.42. The van der Waals surface area contributed by atoms with Crippen LogP contribution in [0.2, 0.25) is 0 Å². The van der Waals surface area contributed by atoms with Gasteiger partial charge in [-0.25, -0.2) is 4.98 Å². The molecule has 1 aliphatic rings. The summed E-state index contributed by atoms with van der Waals surface area (Å²) in [6, 6.07) is 25.4. The van der Waals surface area contributed by atoms with Gasteiger partial charge in [0.2, 0.25) is 5.91 Å². The van der Waals surface area contributed by atoms with Gasteiger partial charge in [0.15, 0.2) is 10.2 Å². The third-order valence-electron chi connectivity index (χ3n) is 6.37. The minimum absolute atomic E-state index is 0.00152. The molecule has 1 aliphatic heterocycles. The summed E-state index contributed by atoms with van der Waals surface area (Å²) in [6.45, 7) is -0.00152. The number of ether oxygens (including phenoxy) is 1. The SMILES string of the molecule is COCC(=O)Nc1ccc(N2C(=S)N[C@H](c3ccccn3)[C@H]2c2cccn2-c2nc3ccccc3s2)cc1. The highest BCUT2D eigenvalue weighted by atomic mass is 32.1. The fourth-order valence-electron chi connectivity index (χ4n) is 4.74. The van der Waals surface area contributed by atoms with Gasteiger partial charge in [-0.05, 0) is 72.9 Å². The second-order valence-corrected chi connectivity index (χ2v) is 10.2. The zero-order chi connectivity index (χ0) is 26.1. The predicted octanol–water partition coefficient (Wildman–Crippen LogP) is 5.24. The standard InChI is InChI=1S/C28H24N6O2S2/c1-36-17-24(35)30-18-11-13-19(14-12-18)34-26(25(32-27(34)37)21-8-4-5-15-29-21)22-9-6-16-33(22)28-31-20-7-2-3-10-23(20)38-28/h2-16,25-26H,17H2,1H3,(H,30,35)(H,32,37)/t25-,26-/m1/s1. The lowest BCUT2D eigenvalue weighted by atomic mass is 10.0. The topological polar surface area (TPSA) is 84.3 Å². The van der Waals surface area contributed by atoms with Crippen LogP contribution in [-0.4, -0.2) is 39.3 Å². The van der Waals surface area contributed by atoms with E-state index in [0.717, 1.165) is 32.4 Å². The molecule has 6 rings (SSSR count). The number of thiazole rings is 1. The van der Waals surface area contributed by atoms with E-state index in [0.29, 0.717) is 10.8 Å². The van der Waals surface area contributed by atoms with Crippen LogP contribution >= 0.6 is 23.6 Å². The number of thiocarbonyl (C=S) groups is 1. The maximum Gasteiger partial charge on any atom is 0.250 e. The molecule has 10 heteroatoms. The molecule has 4 heterocycles. The van der Waals surface area contributed by atoms with Gasteiger partial charge in [0, 0.05) is 30.9 Å². The number of methoxy groups -OCH3 is 1. The molecule has 0 unspecified atom stereocenters. The number of amides is 1. The molecule has 8 nitrogen and oxygen atoms in total. The molecule has 0 aliphatic carbocycles. The quantitative estimate of drug-likeness (QED) is 0.273. The van der Waals surface area contributed by atoms with Crippen molar-refractivity contribution in [2.75, 3.05) is 23.9 Å². The van der Waals surface area contributed by atoms with Gasteiger partial charge in [-0.3, -0.25) is 14.3 Å². The van der Waals surface area contributed by atoms with Gasteiger partial charge < -0.3 is 20.3 Å². The number of fused-ring (bicyclic) bond motifs is 1. The van der Waals surface area contributed by atoms with Crippen molar-refractivity contribution < 1.29 is 9.53 Å². The number of carbonyl (C=O) groups excluding carboxylic acids is 1. The highest BCUT2D eigenvalue weighted by molar-refractivity contribution is 7.80. The van der Waals surface area contributed by atoms with Crippen LogP contribution in [0.3, 0.4) is 0 Å². The number of rotatable bonds is 7. The maximum absolute atomic E-state index is 12.0.